The monoisotopic (exact) mass is 235 g/mol. The van der Waals surface area contributed by atoms with E-state index in [1.165, 1.54) is 0 Å². The van der Waals surface area contributed by atoms with E-state index >= 15 is 0 Å². The standard InChI is InChI=1S/C12H17N3O2/c16-8-10-2-1-6-14(10)11-12(17)15(7-5-13-11)9-3-4-9/h5,7,9-10,16H,1-4,6,8H2. The molecule has 17 heavy (non-hydrogen) atoms. The molecule has 1 aliphatic heterocycles. The number of hydrogen-bond acceptors (Lipinski definition) is 4. The fourth-order valence-electron chi connectivity index (χ4n) is 2.56. The summed E-state index contributed by atoms with van der Waals surface area (Å²) in [5, 5.41) is 9.30. The van der Waals surface area contributed by atoms with Crippen LogP contribution in [-0.4, -0.2) is 33.9 Å². The molecule has 1 aromatic rings. The number of hydrogen-bond donors (Lipinski definition) is 1. The lowest BCUT2D eigenvalue weighted by Crippen LogP contribution is -2.38. The highest BCUT2D eigenvalue weighted by Gasteiger charge is 2.30. The summed E-state index contributed by atoms with van der Waals surface area (Å²) in [5.74, 6) is 0.510. The molecule has 0 radical (unpaired) electrons. The van der Waals surface area contributed by atoms with Crippen molar-refractivity contribution in [2.45, 2.75) is 37.8 Å². The van der Waals surface area contributed by atoms with E-state index in [2.05, 4.69) is 4.98 Å². The van der Waals surface area contributed by atoms with Gasteiger partial charge >= 0.3 is 0 Å². The SMILES string of the molecule is O=c1c(N2CCCC2CO)nccn1C1CC1. The van der Waals surface area contributed by atoms with Crippen LogP contribution in [0.5, 0.6) is 0 Å². The first kappa shape index (κ1) is 10.8. The zero-order valence-electron chi connectivity index (χ0n) is 9.75. The molecule has 1 unspecified atom stereocenters. The Morgan fingerprint density at radius 3 is 2.94 bits per heavy atom. The second-order valence-electron chi connectivity index (χ2n) is 4.87. The highest BCUT2D eigenvalue weighted by atomic mass is 16.3. The van der Waals surface area contributed by atoms with E-state index < -0.39 is 0 Å². The second kappa shape index (κ2) is 4.14. The Morgan fingerprint density at radius 2 is 2.24 bits per heavy atom. The second-order valence-corrected chi connectivity index (χ2v) is 4.87. The van der Waals surface area contributed by atoms with Crippen LogP contribution in [0.1, 0.15) is 31.7 Å². The Balaban J connectivity index is 1.97. The summed E-state index contributed by atoms with van der Waals surface area (Å²) in [5.41, 5.74) is -0.00431. The van der Waals surface area contributed by atoms with Crippen LogP contribution in [-0.2, 0) is 0 Å². The lowest BCUT2D eigenvalue weighted by atomic mass is 10.2. The summed E-state index contributed by atoms with van der Waals surface area (Å²) in [6.45, 7) is 0.918. The molecule has 5 heteroatoms. The van der Waals surface area contributed by atoms with Crippen LogP contribution in [0.4, 0.5) is 5.82 Å². The van der Waals surface area contributed by atoms with Crippen LogP contribution < -0.4 is 10.5 Å². The van der Waals surface area contributed by atoms with E-state index in [9.17, 15) is 9.90 Å². The molecular formula is C12H17N3O2. The number of rotatable bonds is 3. The third kappa shape index (κ3) is 1.84. The van der Waals surface area contributed by atoms with Crippen LogP contribution in [0.3, 0.4) is 0 Å². The lowest BCUT2D eigenvalue weighted by molar-refractivity contribution is 0.266. The maximum atomic E-state index is 12.3. The molecule has 1 atom stereocenters. The smallest absolute Gasteiger partial charge is 0.293 e. The lowest BCUT2D eigenvalue weighted by Gasteiger charge is -2.23. The van der Waals surface area contributed by atoms with Gasteiger partial charge in [0.25, 0.3) is 5.56 Å². The van der Waals surface area contributed by atoms with Crippen molar-refractivity contribution in [3.05, 3.63) is 22.7 Å². The topological polar surface area (TPSA) is 58.4 Å². The molecule has 5 nitrogen and oxygen atoms in total. The fraction of sp³-hybridized carbons (Fsp3) is 0.667. The van der Waals surface area contributed by atoms with Gasteiger partial charge in [-0.25, -0.2) is 4.98 Å². The van der Waals surface area contributed by atoms with Gasteiger partial charge in [-0.1, -0.05) is 0 Å². The highest BCUT2D eigenvalue weighted by Crippen LogP contribution is 2.33. The predicted octanol–water partition coefficient (Wildman–Crippen LogP) is 0.539. The Labute approximate surface area is 99.7 Å². The van der Waals surface area contributed by atoms with E-state index in [0.29, 0.717) is 11.9 Å². The van der Waals surface area contributed by atoms with Gasteiger partial charge in [0.15, 0.2) is 5.82 Å². The van der Waals surface area contributed by atoms with Gasteiger partial charge in [-0.15, -0.1) is 0 Å². The molecule has 1 saturated heterocycles. The first-order chi connectivity index (χ1) is 8.31. The Kier molecular flexibility index (Phi) is 2.63. The number of aliphatic hydroxyl groups excluding tert-OH is 1. The number of anilines is 1. The molecule has 0 bridgehead atoms. The molecule has 2 fully saturated rings. The Hall–Kier alpha value is -1.36. The van der Waals surface area contributed by atoms with Gasteiger partial charge in [-0.3, -0.25) is 4.79 Å². The zero-order chi connectivity index (χ0) is 11.8. The number of aliphatic hydroxyl groups is 1. The third-order valence-corrected chi connectivity index (χ3v) is 3.65. The van der Waals surface area contributed by atoms with Gasteiger partial charge < -0.3 is 14.6 Å². The van der Waals surface area contributed by atoms with Crippen LogP contribution >= 0.6 is 0 Å². The molecule has 2 aliphatic rings. The largest absolute Gasteiger partial charge is 0.394 e. The van der Waals surface area contributed by atoms with Crippen molar-refractivity contribution < 1.29 is 5.11 Å². The van der Waals surface area contributed by atoms with Gasteiger partial charge in [0.2, 0.25) is 0 Å². The molecule has 0 aromatic carbocycles. The van der Waals surface area contributed by atoms with E-state index in [0.717, 1.165) is 32.2 Å². The molecule has 1 saturated carbocycles. The maximum Gasteiger partial charge on any atom is 0.293 e. The molecule has 0 spiro atoms. The van der Waals surface area contributed by atoms with Crippen LogP contribution in [0, 0.1) is 0 Å². The molecule has 92 valence electrons. The van der Waals surface area contributed by atoms with Gasteiger partial charge in [-0.2, -0.15) is 0 Å². The van der Waals surface area contributed by atoms with Crippen LogP contribution in [0.2, 0.25) is 0 Å². The third-order valence-electron chi connectivity index (χ3n) is 3.65. The minimum atomic E-state index is -0.00431. The maximum absolute atomic E-state index is 12.3. The Morgan fingerprint density at radius 1 is 1.41 bits per heavy atom. The van der Waals surface area contributed by atoms with E-state index in [-0.39, 0.29) is 18.2 Å². The average Bonchev–Trinajstić information content (AvgIpc) is 3.07. The van der Waals surface area contributed by atoms with Gasteiger partial charge in [0.1, 0.15) is 0 Å². The molecule has 1 aliphatic carbocycles. The average molecular weight is 235 g/mol. The molecule has 2 heterocycles. The predicted molar refractivity (Wildman–Crippen MR) is 64.2 cm³/mol. The minimum absolute atomic E-state index is 0.00431. The van der Waals surface area contributed by atoms with Crippen LogP contribution in [0.25, 0.3) is 0 Å². The number of nitrogens with zero attached hydrogens (tertiary/aromatic N) is 3. The molecular weight excluding hydrogens is 218 g/mol. The minimum Gasteiger partial charge on any atom is -0.394 e. The fourth-order valence-corrected chi connectivity index (χ4v) is 2.56. The van der Waals surface area contributed by atoms with E-state index in [4.69, 9.17) is 0 Å². The van der Waals surface area contributed by atoms with E-state index in [1.807, 2.05) is 4.90 Å². The van der Waals surface area contributed by atoms with E-state index in [1.54, 1.807) is 17.0 Å². The summed E-state index contributed by atoms with van der Waals surface area (Å²) in [6, 6.07) is 0.435. The highest BCUT2D eigenvalue weighted by molar-refractivity contribution is 5.39. The number of aromatic nitrogens is 2. The van der Waals surface area contributed by atoms with Crippen molar-refractivity contribution in [3.8, 4) is 0 Å². The quantitative estimate of drug-likeness (QED) is 0.830. The molecule has 3 rings (SSSR count). The van der Waals surface area contributed by atoms with Crippen molar-refractivity contribution in [1.29, 1.82) is 0 Å². The van der Waals surface area contributed by atoms with Crippen LogP contribution in [0.15, 0.2) is 17.2 Å². The van der Waals surface area contributed by atoms with Gasteiger partial charge in [-0.05, 0) is 25.7 Å². The molecule has 1 aromatic heterocycles. The first-order valence-electron chi connectivity index (χ1n) is 6.26. The summed E-state index contributed by atoms with van der Waals surface area (Å²) in [6.07, 6.45) is 7.61. The molecule has 1 N–H and O–H groups in total. The van der Waals surface area contributed by atoms with Crippen molar-refractivity contribution >= 4 is 5.82 Å². The first-order valence-corrected chi connectivity index (χ1v) is 6.26. The van der Waals surface area contributed by atoms with Gasteiger partial charge in [0, 0.05) is 25.0 Å². The zero-order valence-corrected chi connectivity index (χ0v) is 9.75. The summed E-state index contributed by atoms with van der Waals surface area (Å²) in [4.78, 5) is 18.4. The summed E-state index contributed by atoms with van der Waals surface area (Å²) < 4.78 is 1.79. The normalized spacial score (nSPS) is 24.3. The molecule has 0 amide bonds. The van der Waals surface area contributed by atoms with Crippen molar-refractivity contribution in [2.75, 3.05) is 18.1 Å². The van der Waals surface area contributed by atoms with Crippen molar-refractivity contribution in [3.63, 3.8) is 0 Å². The van der Waals surface area contributed by atoms with Crippen molar-refractivity contribution in [2.24, 2.45) is 0 Å². The summed E-state index contributed by atoms with van der Waals surface area (Å²) in [7, 11) is 0. The van der Waals surface area contributed by atoms with Gasteiger partial charge in [0.05, 0.1) is 12.6 Å². The van der Waals surface area contributed by atoms with Crippen molar-refractivity contribution in [1.82, 2.24) is 9.55 Å². The Bertz CT molecular complexity index is 467. The summed E-state index contributed by atoms with van der Waals surface area (Å²) >= 11 is 0.